The third-order valence-corrected chi connectivity index (χ3v) is 6.38. The van der Waals surface area contributed by atoms with Gasteiger partial charge in [-0.15, -0.1) is 0 Å². The van der Waals surface area contributed by atoms with Crippen molar-refractivity contribution < 1.29 is 13.2 Å². The summed E-state index contributed by atoms with van der Waals surface area (Å²) in [6, 6.07) is 12.9. The number of hydrogen-bond acceptors (Lipinski definition) is 4. The van der Waals surface area contributed by atoms with Crippen LogP contribution in [0.2, 0.25) is 5.02 Å². The predicted molar refractivity (Wildman–Crippen MR) is 110 cm³/mol. The van der Waals surface area contributed by atoms with Crippen LogP contribution in [0.1, 0.15) is 25.0 Å². The van der Waals surface area contributed by atoms with Gasteiger partial charge in [0.05, 0.1) is 15.5 Å². The summed E-state index contributed by atoms with van der Waals surface area (Å²) in [4.78, 5) is 12.2. The molecule has 146 valence electrons. The van der Waals surface area contributed by atoms with Crippen LogP contribution in [-0.4, -0.2) is 31.7 Å². The van der Waals surface area contributed by atoms with Crippen LogP contribution in [0, 0.1) is 11.3 Å². The Morgan fingerprint density at radius 1 is 1.18 bits per heavy atom. The Bertz CT molecular complexity index is 1020. The Kier molecular flexibility index (Phi) is 7.35. The largest absolute Gasteiger partial charge is 0.322 e. The number of carbonyl (C=O) groups excluding carboxylic acids is 1. The van der Waals surface area contributed by atoms with Crippen LogP contribution in [0.5, 0.6) is 0 Å². The Labute approximate surface area is 170 Å². The minimum absolute atomic E-state index is 0.213. The molecule has 0 saturated carbocycles. The first-order chi connectivity index (χ1) is 13.3. The third-order valence-electron chi connectivity index (χ3n) is 4.01. The molecule has 2 aromatic carbocycles. The summed E-state index contributed by atoms with van der Waals surface area (Å²) in [7, 11) is -3.51. The summed E-state index contributed by atoms with van der Waals surface area (Å²) in [5, 5.41) is 11.8. The second-order valence-electron chi connectivity index (χ2n) is 5.79. The number of sulfonamides is 1. The van der Waals surface area contributed by atoms with Gasteiger partial charge in [-0.2, -0.15) is 9.57 Å². The fourth-order valence-electron chi connectivity index (χ4n) is 2.50. The molecule has 0 spiro atoms. The molecule has 1 amide bonds. The molecule has 0 atom stereocenters. The molecular weight excluding hydrogens is 398 g/mol. The van der Waals surface area contributed by atoms with Crippen LogP contribution < -0.4 is 5.32 Å². The molecule has 28 heavy (non-hydrogen) atoms. The Balaban J connectivity index is 2.07. The molecule has 0 unspecified atom stereocenters. The highest BCUT2D eigenvalue weighted by Crippen LogP contribution is 2.20. The lowest BCUT2D eigenvalue weighted by Crippen LogP contribution is -2.30. The van der Waals surface area contributed by atoms with Gasteiger partial charge in [0, 0.05) is 24.9 Å². The van der Waals surface area contributed by atoms with E-state index in [9.17, 15) is 13.2 Å². The fourth-order valence-corrected chi connectivity index (χ4v) is 4.18. The molecule has 0 aliphatic carbocycles. The van der Waals surface area contributed by atoms with E-state index in [1.165, 1.54) is 34.6 Å². The molecule has 0 heterocycles. The van der Waals surface area contributed by atoms with Crippen molar-refractivity contribution in [1.29, 1.82) is 5.26 Å². The SMILES string of the molecule is CCN(CC)S(=O)(=O)c1ccc(/C=C/C(=O)Nc2ccc(C#N)c(Cl)c2)cc1. The maximum Gasteiger partial charge on any atom is 0.248 e. The van der Waals surface area contributed by atoms with Gasteiger partial charge in [-0.05, 0) is 42.0 Å². The minimum Gasteiger partial charge on any atom is -0.322 e. The van der Waals surface area contributed by atoms with Crippen LogP contribution in [0.4, 0.5) is 5.69 Å². The number of hydrogen-bond donors (Lipinski definition) is 1. The number of nitriles is 1. The van der Waals surface area contributed by atoms with Gasteiger partial charge in [-0.1, -0.05) is 37.6 Å². The second-order valence-corrected chi connectivity index (χ2v) is 8.13. The summed E-state index contributed by atoms with van der Waals surface area (Å²) in [6.07, 6.45) is 2.91. The molecule has 0 bridgehead atoms. The van der Waals surface area contributed by atoms with Gasteiger partial charge in [0.25, 0.3) is 0 Å². The van der Waals surface area contributed by atoms with Gasteiger partial charge in [-0.3, -0.25) is 4.79 Å². The second kappa shape index (κ2) is 9.51. The molecule has 1 N–H and O–H groups in total. The van der Waals surface area contributed by atoms with E-state index < -0.39 is 10.0 Å². The maximum atomic E-state index is 12.5. The highest BCUT2D eigenvalue weighted by molar-refractivity contribution is 7.89. The van der Waals surface area contributed by atoms with E-state index >= 15 is 0 Å². The first-order valence-corrected chi connectivity index (χ1v) is 10.4. The fraction of sp³-hybridized carbons (Fsp3) is 0.200. The zero-order chi connectivity index (χ0) is 20.7. The summed E-state index contributed by atoms with van der Waals surface area (Å²) in [6.45, 7) is 4.38. The van der Waals surface area contributed by atoms with Crippen molar-refractivity contribution in [1.82, 2.24) is 4.31 Å². The lowest BCUT2D eigenvalue weighted by atomic mass is 10.2. The van der Waals surface area contributed by atoms with E-state index in [-0.39, 0.29) is 15.8 Å². The van der Waals surface area contributed by atoms with Gasteiger partial charge in [0.2, 0.25) is 15.9 Å². The summed E-state index contributed by atoms with van der Waals surface area (Å²) in [5.41, 5.74) is 1.49. The molecule has 0 aromatic heterocycles. The van der Waals surface area contributed by atoms with E-state index in [0.717, 1.165) is 0 Å². The molecule has 6 nitrogen and oxygen atoms in total. The monoisotopic (exact) mass is 417 g/mol. The Morgan fingerprint density at radius 2 is 1.82 bits per heavy atom. The van der Waals surface area contributed by atoms with Gasteiger partial charge < -0.3 is 5.32 Å². The van der Waals surface area contributed by atoms with Gasteiger partial charge in [0.1, 0.15) is 6.07 Å². The third kappa shape index (κ3) is 5.20. The molecule has 8 heteroatoms. The van der Waals surface area contributed by atoms with Crippen LogP contribution >= 0.6 is 11.6 Å². The van der Waals surface area contributed by atoms with Crippen LogP contribution in [0.3, 0.4) is 0 Å². The van der Waals surface area contributed by atoms with Crippen LogP contribution in [0.25, 0.3) is 6.08 Å². The average molecular weight is 418 g/mol. The van der Waals surface area contributed by atoms with Crippen molar-refractivity contribution in [2.24, 2.45) is 0 Å². The lowest BCUT2D eigenvalue weighted by molar-refractivity contribution is -0.111. The number of rotatable bonds is 7. The molecule has 0 fully saturated rings. The normalized spacial score (nSPS) is 11.5. The average Bonchev–Trinajstić information content (AvgIpc) is 2.67. The molecule has 0 radical (unpaired) electrons. The smallest absolute Gasteiger partial charge is 0.248 e. The topological polar surface area (TPSA) is 90.3 Å². The molecule has 0 aliphatic heterocycles. The highest BCUT2D eigenvalue weighted by Gasteiger charge is 2.20. The summed E-state index contributed by atoms with van der Waals surface area (Å²) >= 11 is 5.94. The van der Waals surface area contributed by atoms with Crippen molar-refractivity contribution in [3.63, 3.8) is 0 Å². The highest BCUT2D eigenvalue weighted by atomic mass is 35.5. The van der Waals surface area contributed by atoms with Crippen LogP contribution in [-0.2, 0) is 14.8 Å². The van der Waals surface area contributed by atoms with Crippen molar-refractivity contribution in [2.75, 3.05) is 18.4 Å². The first-order valence-electron chi connectivity index (χ1n) is 8.60. The summed E-state index contributed by atoms with van der Waals surface area (Å²) < 4.78 is 26.3. The van der Waals surface area contributed by atoms with E-state index in [1.807, 2.05) is 6.07 Å². The zero-order valence-electron chi connectivity index (χ0n) is 15.5. The number of amides is 1. The lowest BCUT2D eigenvalue weighted by Gasteiger charge is -2.18. The predicted octanol–water partition coefficient (Wildman–Crippen LogP) is 3.89. The van der Waals surface area contributed by atoms with Gasteiger partial charge >= 0.3 is 0 Å². The number of anilines is 1. The minimum atomic E-state index is -3.51. The molecular formula is C20H20ClN3O3S. The van der Waals surface area contributed by atoms with E-state index in [1.54, 1.807) is 38.1 Å². The first kappa shape index (κ1) is 21.6. The van der Waals surface area contributed by atoms with E-state index in [0.29, 0.717) is 29.9 Å². The summed E-state index contributed by atoms with van der Waals surface area (Å²) in [5.74, 6) is -0.374. The number of nitrogens with zero attached hydrogens (tertiary/aromatic N) is 2. The standard InChI is InChI=1S/C20H20ClN3O3S/c1-3-24(4-2)28(26,27)18-10-5-15(6-11-18)7-12-20(25)23-17-9-8-16(14-22)19(21)13-17/h5-13H,3-4H2,1-2H3,(H,23,25)/b12-7+. The van der Waals surface area contributed by atoms with Gasteiger partial charge in [0.15, 0.2) is 0 Å². The molecule has 0 aliphatic rings. The van der Waals surface area contributed by atoms with Crippen molar-refractivity contribution >= 4 is 39.3 Å². The number of nitrogens with one attached hydrogen (secondary N) is 1. The quantitative estimate of drug-likeness (QED) is 0.692. The molecule has 2 rings (SSSR count). The number of carbonyl (C=O) groups is 1. The zero-order valence-corrected chi connectivity index (χ0v) is 17.1. The van der Waals surface area contributed by atoms with Crippen molar-refractivity contribution in [3.8, 4) is 6.07 Å². The number of halogens is 1. The van der Waals surface area contributed by atoms with Gasteiger partial charge in [-0.25, -0.2) is 8.42 Å². The maximum absolute atomic E-state index is 12.5. The van der Waals surface area contributed by atoms with E-state index in [2.05, 4.69) is 5.32 Å². The Hall–Kier alpha value is -2.66. The molecule has 2 aromatic rings. The number of benzene rings is 2. The van der Waals surface area contributed by atoms with Crippen LogP contribution in [0.15, 0.2) is 53.4 Å². The molecule has 0 saturated heterocycles. The Morgan fingerprint density at radius 3 is 2.36 bits per heavy atom. The van der Waals surface area contributed by atoms with E-state index in [4.69, 9.17) is 16.9 Å². The van der Waals surface area contributed by atoms with Crippen molar-refractivity contribution in [3.05, 3.63) is 64.7 Å². The van der Waals surface area contributed by atoms with Crippen molar-refractivity contribution in [2.45, 2.75) is 18.7 Å².